The van der Waals surface area contributed by atoms with Gasteiger partial charge in [-0.2, -0.15) is 4.37 Å². The second kappa shape index (κ2) is 5.46. The van der Waals surface area contributed by atoms with Gasteiger partial charge in [0.25, 0.3) is 0 Å². The molecule has 0 saturated carbocycles. The topological polar surface area (TPSA) is 45.4 Å². The van der Waals surface area contributed by atoms with E-state index in [1.54, 1.807) is 11.8 Å². The summed E-state index contributed by atoms with van der Waals surface area (Å²) in [7, 11) is 4.35. The van der Waals surface area contributed by atoms with Crippen LogP contribution in [0.5, 0.6) is 0 Å². The molecule has 6 heteroatoms. The highest BCUT2D eigenvalue weighted by Crippen LogP contribution is 2.37. The Balaban J connectivity index is 2.06. The number of hydrogen-bond donors (Lipinski definition) is 1. The first-order valence-electron chi connectivity index (χ1n) is 5.84. The highest BCUT2D eigenvalue weighted by atomic mass is 32.2. The maximum Gasteiger partial charge on any atom is 0.153 e. The summed E-state index contributed by atoms with van der Waals surface area (Å²) < 4.78 is 4.25. The van der Waals surface area contributed by atoms with Crippen molar-refractivity contribution in [3.8, 4) is 0 Å². The molecular weight excluding hydrogens is 252 g/mol. The Morgan fingerprint density at radius 3 is 3.00 bits per heavy atom. The highest BCUT2D eigenvalue weighted by Gasteiger charge is 2.24. The molecule has 1 atom stereocenters. The first kappa shape index (κ1) is 13.0. The molecule has 1 saturated heterocycles. The molecule has 1 aromatic rings. The van der Waals surface area contributed by atoms with E-state index in [1.807, 2.05) is 0 Å². The van der Waals surface area contributed by atoms with Gasteiger partial charge in [0.05, 0.1) is 4.90 Å². The third-order valence-electron chi connectivity index (χ3n) is 3.36. The molecule has 4 nitrogen and oxygen atoms in total. The van der Waals surface area contributed by atoms with Gasteiger partial charge < -0.3 is 15.5 Å². The van der Waals surface area contributed by atoms with Crippen molar-refractivity contribution in [3.63, 3.8) is 0 Å². The summed E-state index contributed by atoms with van der Waals surface area (Å²) in [6.45, 7) is 2.28. The number of likely N-dealkylation sites (N-methyl/N-ethyl adjacent to an activating group) is 2. The Labute approximate surface area is 111 Å². The van der Waals surface area contributed by atoms with Crippen molar-refractivity contribution in [2.45, 2.75) is 23.8 Å². The number of thioether (sulfide) groups is 1. The lowest BCUT2D eigenvalue weighted by Crippen LogP contribution is -2.36. The zero-order valence-corrected chi connectivity index (χ0v) is 12.3. The van der Waals surface area contributed by atoms with Gasteiger partial charge in [-0.15, -0.1) is 11.8 Å². The molecule has 0 bridgehead atoms. The third-order valence-corrected chi connectivity index (χ3v) is 5.28. The van der Waals surface area contributed by atoms with Gasteiger partial charge in [-0.25, -0.2) is 0 Å². The van der Waals surface area contributed by atoms with Crippen LogP contribution < -0.4 is 10.6 Å². The van der Waals surface area contributed by atoms with Crippen LogP contribution in [0.2, 0.25) is 0 Å². The van der Waals surface area contributed by atoms with Gasteiger partial charge >= 0.3 is 0 Å². The molecule has 2 rings (SSSR count). The second-order valence-electron chi connectivity index (χ2n) is 4.56. The summed E-state index contributed by atoms with van der Waals surface area (Å²) >= 11 is 3.19. The van der Waals surface area contributed by atoms with Gasteiger partial charge in [-0.05, 0) is 44.2 Å². The van der Waals surface area contributed by atoms with E-state index in [-0.39, 0.29) is 0 Å². The van der Waals surface area contributed by atoms with E-state index in [9.17, 15) is 0 Å². The Kier molecular flexibility index (Phi) is 4.17. The van der Waals surface area contributed by atoms with Crippen LogP contribution in [0, 0.1) is 0 Å². The zero-order valence-electron chi connectivity index (χ0n) is 10.6. The van der Waals surface area contributed by atoms with E-state index < -0.39 is 0 Å². The molecule has 0 radical (unpaired) electrons. The first-order valence-corrected chi connectivity index (χ1v) is 7.83. The van der Waals surface area contributed by atoms with Crippen LogP contribution in [-0.2, 0) is 0 Å². The molecule has 1 aromatic heterocycles. The van der Waals surface area contributed by atoms with Crippen LogP contribution in [0.25, 0.3) is 0 Å². The molecule has 0 aromatic carbocycles. The number of nitrogen functional groups attached to an aromatic ring is 1. The summed E-state index contributed by atoms with van der Waals surface area (Å²) in [6, 6.07) is 0.665. The minimum Gasteiger partial charge on any atom is -0.382 e. The normalized spacial score (nSPS) is 21.0. The quantitative estimate of drug-likeness (QED) is 0.849. The average Bonchev–Trinajstić information content (AvgIpc) is 2.86. The largest absolute Gasteiger partial charge is 0.382 e. The number of likely N-dealkylation sites (tertiary alicyclic amines) is 1. The van der Waals surface area contributed by atoms with Crippen LogP contribution in [0.3, 0.4) is 0 Å². The van der Waals surface area contributed by atoms with Gasteiger partial charge in [-0.1, -0.05) is 0 Å². The molecule has 0 amide bonds. The number of anilines is 2. The fourth-order valence-corrected chi connectivity index (χ4v) is 4.01. The van der Waals surface area contributed by atoms with E-state index in [0.717, 1.165) is 11.4 Å². The fraction of sp³-hybridized carbons (Fsp3) is 0.727. The highest BCUT2D eigenvalue weighted by molar-refractivity contribution is 7.99. The molecule has 1 aliphatic heterocycles. The number of hydrogen-bond acceptors (Lipinski definition) is 6. The predicted molar refractivity (Wildman–Crippen MR) is 77.2 cm³/mol. The molecule has 2 heterocycles. The summed E-state index contributed by atoms with van der Waals surface area (Å²) in [6.07, 6.45) is 4.66. The monoisotopic (exact) mass is 272 g/mol. The summed E-state index contributed by atoms with van der Waals surface area (Å²) in [5.74, 6) is 0.670. The van der Waals surface area contributed by atoms with Gasteiger partial charge in [0, 0.05) is 19.6 Å². The molecule has 96 valence electrons. The van der Waals surface area contributed by atoms with Crippen LogP contribution in [0.4, 0.5) is 10.8 Å². The smallest absolute Gasteiger partial charge is 0.153 e. The number of nitrogens with two attached hydrogens (primary N) is 1. The molecule has 2 N–H and O–H groups in total. The van der Waals surface area contributed by atoms with Crippen LogP contribution in [-0.4, -0.2) is 48.8 Å². The van der Waals surface area contributed by atoms with Crippen LogP contribution >= 0.6 is 23.3 Å². The Morgan fingerprint density at radius 1 is 1.65 bits per heavy atom. The number of nitrogens with zero attached hydrogens (tertiary/aromatic N) is 3. The van der Waals surface area contributed by atoms with E-state index in [4.69, 9.17) is 5.73 Å². The maximum atomic E-state index is 5.87. The van der Waals surface area contributed by atoms with Crippen molar-refractivity contribution in [2.75, 3.05) is 44.1 Å². The molecule has 1 fully saturated rings. The molecule has 17 heavy (non-hydrogen) atoms. The zero-order chi connectivity index (χ0) is 12.4. The standard InChI is InChI=1S/C11H20N4S2/c1-14-6-4-5-8(14)7-15(2)11-9(16-3)10(12)13-17-11/h8H,4-7H2,1-3H3,(H2,12,13). The van der Waals surface area contributed by atoms with E-state index in [1.165, 1.54) is 35.9 Å². The van der Waals surface area contributed by atoms with Crippen molar-refractivity contribution in [1.82, 2.24) is 9.27 Å². The molecular formula is C11H20N4S2. The van der Waals surface area contributed by atoms with E-state index in [2.05, 4.69) is 34.5 Å². The maximum absolute atomic E-state index is 5.87. The average molecular weight is 272 g/mol. The summed E-state index contributed by atoms with van der Waals surface area (Å²) in [4.78, 5) is 5.87. The predicted octanol–water partition coefficient (Wildman–Crippen LogP) is 1.98. The van der Waals surface area contributed by atoms with Crippen molar-refractivity contribution < 1.29 is 0 Å². The van der Waals surface area contributed by atoms with Crippen molar-refractivity contribution >= 4 is 34.1 Å². The van der Waals surface area contributed by atoms with Gasteiger partial charge in [0.2, 0.25) is 0 Å². The van der Waals surface area contributed by atoms with Crippen molar-refractivity contribution in [1.29, 1.82) is 0 Å². The Bertz CT molecular complexity index is 380. The molecule has 0 spiro atoms. The number of rotatable bonds is 4. The lowest BCUT2D eigenvalue weighted by atomic mass is 10.2. The molecule has 1 aliphatic rings. The first-order chi connectivity index (χ1) is 8.13. The lowest BCUT2D eigenvalue weighted by Gasteiger charge is -2.26. The van der Waals surface area contributed by atoms with Gasteiger partial charge in [0.1, 0.15) is 5.00 Å². The molecule has 1 unspecified atom stereocenters. The molecule has 0 aliphatic carbocycles. The lowest BCUT2D eigenvalue weighted by molar-refractivity contribution is 0.314. The van der Waals surface area contributed by atoms with Gasteiger partial charge in [-0.3, -0.25) is 0 Å². The van der Waals surface area contributed by atoms with E-state index >= 15 is 0 Å². The minimum absolute atomic E-state index is 0.665. The van der Waals surface area contributed by atoms with Crippen LogP contribution in [0.1, 0.15) is 12.8 Å². The second-order valence-corrected chi connectivity index (χ2v) is 6.13. The minimum atomic E-state index is 0.665. The van der Waals surface area contributed by atoms with Crippen LogP contribution in [0.15, 0.2) is 4.90 Å². The van der Waals surface area contributed by atoms with Gasteiger partial charge in [0.15, 0.2) is 5.82 Å². The summed E-state index contributed by atoms with van der Waals surface area (Å²) in [5, 5.41) is 1.20. The number of aromatic nitrogens is 1. The Hall–Kier alpha value is -0.460. The fourth-order valence-electron chi connectivity index (χ4n) is 2.33. The SMILES string of the molecule is CSc1c(N)nsc1N(C)CC1CCCN1C. The summed E-state index contributed by atoms with van der Waals surface area (Å²) in [5.41, 5.74) is 5.87. The third kappa shape index (κ3) is 2.69. The van der Waals surface area contributed by atoms with Crippen molar-refractivity contribution in [3.05, 3.63) is 0 Å². The van der Waals surface area contributed by atoms with Crippen molar-refractivity contribution in [2.24, 2.45) is 0 Å². The Morgan fingerprint density at radius 2 is 2.41 bits per heavy atom. The van der Waals surface area contributed by atoms with E-state index in [0.29, 0.717) is 11.9 Å².